The lowest BCUT2D eigenvalue weighted by Gasteiger charge is -2.12. The molecule has 2 aromatic carbocycles. The highest BCUT2D eigenvalue weighted by molar-refractivity contribution is 7.89. The van der Waals surface area contributed by atoms with Gasteiger partial charge in [-0.3, -0.25) is 4.79 Å². The number of benzene rings is 2. The molecule has 2 aromatic rings. The predicted molar refractivity (Wildman–Crippen MR) is 111 cm³/mol. The fourth-order valence-electron chi connectivity index (χ4n) is 2.42. The van der Waals surface area contributed by atoms with E-state index in [9.17, 15) is 13.2 Å². The molecule has 0 aromatic heterocycles. The van der Waals surface area contributed by atoms with E-state index in [1.165, 1.54) is 12.1 Å². The number of halogens is 1. The van der Waals surface area contributed by atoms with Gasteiger partial charge in [0, 0.05) is 29.4 Å². The lowest BCUT2D eigenvalue weighted by molar-refractivity contribution is 0.0778. The van der Waals surface area contributed by atoms with E-state index in [4.69, 9.17) is 16.3 Å². The van der Waals surface area contributed by atoms with Gasteiger partial charge in [-0.15, -0.1) is 0 Å². The van der Waals surface area contributed by atoms with Gasteiger partial charge in [0.1, 0.15) is 0 Å². The van der Waals surface area contributed by atoms with Crippen LogP contribution in [-0.2, 0) is 14.8 Å². The molecular weight excluding hydrogens is 400 g/mol. The van der Waals surface area contributed by atoms with E-state index < -0.39 is 10.0 Å². The zero-order chi connectivity index (χ0) is 20.7. The van der Waals surface area contributed by atoms with E-state index in [0.29, 0.717) is 41.4 Å². The molecule has 0 spiro atoms. The van der Waals surface area contributed by atoms with Crippen molar-refractivity contribution in [2.45, 2.75) is 38.2 Å². The van der Waals surface area contributed by atoms with Crippen LogP contribution in [0.5, 0.6) is 0 Å². The maximum Gasteiger partial charge on any atom is 0.255 e. The number of hydrogen-bond acceptors (Lipinski definition) is 4. The minimum atomic E-state index is -3.62. The Morgan fingerprint density at radius 3 is 2.43 bits per heavy atom. The third kappa shape index (κ3) is 6.60. The molecular formula is C20H25ClN2O4S. The quantitative estimate of drug-likeness (QED) is 0.596. The Kier molecular flexibility index (Phi) is 8.00. The van der Waals surface area contributed by atoms with Crippen LogP contribution in [0.1, 0.15) is 36.2 Å². The molecule has 8 heteroatoms. The molecule has 1 amide bonds. The molecule has 28 heavy (non-hydrogen) atoms. The Morgan fingerprint density at radius 2 is 1.82 bits per heavy atom. The highest BCUT2D eigenvalue weighted by Crippen LogP contribution is 2.21. The highest BCUT2D eigenvalue weighted by Gasteiger charge is 2.15. The zero-order valence-corrected chi connectivity index (χ0v) is 17.7. The first-order valence-electron chi connectivity index (χ1n) is 8.98. The van der Waals surface area contributed by atoms with E-state index in [1.807, 2.05) is 13.8 Å². The summed E-state index contributed by atoms with van der Waals surface area (Å²) in [4.78, 5) is 12.5. The zero-order valence-electron chi connectivity index (χ0n) is 16.2. The summed E-state index contributed by atoms with van der Waals surface area (Å²) in [7, 11) is -3.62. The van der Waals surface area contributed by atoms with Crippen molar-refractivity contribution >= 4 is 33.2 Å². The average molecular weight is 425 g/mol. The average Bonchev–Trinajstić information content (AvgIpc) is 2.63. The maximum atomic E-state index is 12.4. The molecule has 0 unspecified atom stereocenters. The number of carbonyl (C=O) groups is 1. The second kappa shape index (κ2) is 10.0. The van der Waals surface area contributed by atoms with Crippen LogP contribution in [0.3, 0.4) is 0 Å². The number of carbonyl (C=O) groups excluding carboxylic acids is 1. The fraction of sp³-hybridized carbons (Fsp3) is 0.350. The van der Waals surface area contributed by atoms with Crippen molar-refractivity contribution in [1.29, 1.82) is 0 Å². The first-order valence-corrected chi connectivity index (χ1v) is 10.8. The summed E-state index contributed by atoms with van der Waals surface area (Å²) in [6.45, 7) is 6.39. The number of nitrogens with one attached hydrogen (secondary N) is 2. The van der Waals surface area contributed by atoms with Crippen molar-refractivity contribution in [3.05, 3.63) is 58.6 Å². The third-order valence-electron chi connectivity index (χ3n) is 3.93. The minimum Gasteiger partial charge on any atom is -0.379 e. The van der Waals surface area contributed by atoms with E-state index >= 15 is 0 Å². The molecule has 0 aliphatic rings. The minimum absolute atomic E-state index is 0.120. The van der Waals surface area contributed by atoms with Gasteiger partial charge in [0.2, 0.25) is 10.0 Å². The van der Waals surface area contributed by atoms with Gasteiger partial charge in [-0.1, -0.05) is 11.6 Å². The molecule has 0 saturated carbocycles. The molecule has 0 aliphatic heterocycles. The van der Waals surface area contributed by atoms with Crippen LogP contribution in [0.4, 0.5) is 5.69 Å². The molecule has 0 fully saturated rings. The van der Waals surface area contributed by atoms with Crippen molar-refractivity contribution in [2.24, 2.45) is 0 Å². The van der Waals surface area contributed by atoms with Crippen molar-refractivity contribution in [3.8, 4) is 0 Å². The highest BCUT2D eigenvalue weighted by atomic mass is 35.5. The number of sulfonamides is 1. The summed E-state index contributed by atoms with van der Waals surface area (Å²) < 4.78 is 32.8. The Hall–Kier alpha value is -1.93. The SMILES string of the molecule is Cc1cc(S(=O)(=O)NCCCOC(C)C)ccc1NC(=O)c1ccc(Cl)cc1. The Balaban J connectivity index is 2.00. The molecule has 0 aliphatic carbocycles. The van der Waals surface area contributed by atoms with Crippen molar-refractivity contribution < 1.29 is 17.9 Å². The van der Waals surface area contributed by atoms with Gasteiger partial charge in [-0.05, 0) is 75.2 Å². The van der Waals surface area contributed by atoms with Gasteiger partial charge in [-0.2, -0.15) is 0 Å². The fourth-order valence-corrected chi connectivity index (χ4v) is 3.71. The van der Waals surface area contributed by atoms with Gasteiger partial charge < -0.3 is 10.1 Å². The van der Waals surface area contributed by atoms with Crippen LogP contribution >= 0.6 is 11.6 Å². The topological polar surface area (TPSA) is 84.5 Å². The Labute approximate surface area is 171 Å². The van der Waals surface area contributed by atoms with Crippen LogP contribution in [0, 0.1) is 6.92 Å². The van der Waals surface area contributed by atoms with E-state index in [-0.39, 0.29) is 16.9 Å². The standard InChI is InChI=1S/C20H25ClN2O4S/c1-14(2)27-12-4-11-22-28(25,26)18-9-10-19(15(3)13-18)23-20(24)16-5-7-17(21)8-6-16/h5-10,13-14,22H,4,11-12H2,1-3H3,(H,23,24). The predicted octanol–water partition coefficient (Wildman–Crippen LogP) is 3.99. The summed E-state index contributed by atoms with van der Waals surface area (Å²) in [5.41, 5.74) is 1.66. The molecule has 0 heterocycles. The van der Waals surface area contributed by atoms with Crippen LogP contribution in [0.15, 0.2) is 47.4 Å². The summed E-state index contributed by atoms with van der Waals surface area (Å²) in [5, 5.41) is 3.33. The molecule has 0 saturated heterocycles. The largest absolute Gasteiger partial charge is 0.379 e. The molecule has 2 rings (SSSR count). The van der Waals surface area contributed by atoms with E-state index in [0.717, 1.165) is 0 Å². The number of amides is 1. The van der Waals surface area contributed by atoms with Crippen LogP contribution in [-0.4, -0.2) is 33.6 Å². The summed E-state index contributed by atoms with van der Waals surface area (Å²) in [6, 6.07) is 11.1. The summed E-state index contributed by atoms with van der Waals surface area (Å²) in [6.07, 6.45) is 0.709. The molecule has 0 atom stereocenters. The number of ether oxygens (including phenoxy) is 1. The smallest absolute Gasteiger partial charge is 0.255 e. The Morgan fingerprint density at radius 1 is 1.14 bits per heavy atom. The second-order valence-electron chi connectivity index (χ2n) is 6.61. The first-order chi connectivity index (χ1) is 13.2. The van der Waals surface area contributed by atoms with Crippen LogP contribution in [0.25, 0.3) is 0 Å². The van der Waals surface area contributed by atoms with Crippen LogP contribution in [0.2, 0.25) is 5.02 Å². The maximum absolute atomic E-state index is 12.4. The molecule has 6 nitrogen and oxygen atoms in total. The number of hydrogen-bond donors (Lipinski definition) is 2. The van der Waals surface area contributed by atoms with E-state index in [2.05, 4.69) is 10.0 Å². The van der Waals surface area contributed by atoms with E-state index in [1.54, 1.807) is 37.3 Å². The normalized spacial score (nSPS) is 11.6. The lowest BCUT2D eigenvalue weighted by Crippen LogP contribution is -2.26. The van der Waals surface area contributed by atoms with Gasteiger partial charge >= 0.3 is 0 Å². The van der Waals surface area contributed by atoms with Gasteiger partial charge in [0.25, 0.3) is 5.91 Å². The summed E-state index contributed by atoms with van der Waals surface area (Å²) >= 11 is 5.83. The molecule has 152 valence electrons. The summed E-state index contributed by atoms with van der Waals surface area (Å²) in [5.74, 6) is -0.293. The van der Waals surface area contributed by atoms with Crippen molar-refractivity contribution in [1.82, 2.24) is 4.72 Å². The number of aryl methyl sites for hydroxylation is 1. The Bertz CT molecular complexity index is 912. The van der Waals surface area contributed by atoms with Gasteiger partial charge in [-0.25, -0.2) is 13.1 Å². The van der Waals surface area contributed by atoms with Crippen molar-refractivity contribution in [2.75, 3.05) is 18.5 Å². The monoisotopic (exact) mass is 424 g/mol. The number of anilines is 1. The van der Waals surface area contributed by atoms with Crippen molar-refractivity contribution in [3.63, 3.8) is 0 Å². The molecule has 2 N–H and O–H groups in total. The number of rotatable bonds is 9. The lowest BCUT2D eigenvalue weighted by atomic mass is 10.1. The van der Waals surface area contributed by atoms with Crippen LogP contribution < -0.4 is 10.0 Å². The third-order valence-corrected chi connectivity index (χ3v) is 5.64. The second-order valence-corrected chi connectivity index (χ2v) is 8.81. The first kappa shape index (κ1) is 22.4. The van der Waals surface area contributed by atoms with Gasteiger partial charge in [0.05, 0.1) is 11.0 Å². The molecule has 0 radical (unpaired) electrons. The van der Waals surface area contributed by atoms with Gasteiger partial charge in [0.15, 0.2) is 0 Å². The molecule has 0 bridgehead atoms.